The van der Waals surface area contributed by atoms with Gasteiger partial charge < -0.3 is 0 Å². The van der Waals surface area contributed by atoms with Crippen LogP contribution in [0.1, 0.15) is 0 Å². The molecule has 0 aliphatic heterocycles. The highest BCUT2D eigenvalue weighted by Crippen LogP contribution is 2.18. The monoisotopic (exact) mass is 416 g/mol. The van der Waals surface area contributed by atoms with Crippen molar-refractivity contribution >= 4 is 23.8 Å². The van der Waals surface area contributed by atoms with E-state index >= 15 is 0 Å². The quantitative estimate of drug-likeness (QED) is 0.222. The van der Waals surface area contributed by atoms with E-state index in [1.807, 2.05) is 0 Å². The fourth-order valence-electron chi connectivity index (χ4n) is 1.83. The van der Waals surface area contributed by atoms with Gasteiger partial charge in [-0.25, -0.2) is 0 Å². The van der Waals surface area contributed by atoms with Crippen LogP contribution >= 0.6 is 0 Å². The van der Waals surface area contributed by atoms with E-state index < -0.39 is 0 Å². The predicted molar refractivity (Wildman–Crippen MR) is 89.2 cm³/mol. The molecule has 4 aromatic heterocycles. The standard InChI is InChI=1S/C8H12N22/c1-25-15-5(9-19-25)11-23-29(7-13-21-27(3)17-7)30(8-14-22-28(4)18-8)24-12-6-10-20-26(2)16-6/h1-4H3/b23-11+,24-12+. The molecule has 22 heteroatoms. The molecule has 0 bridgehead atoms. The summed E-state index contributed by atoms with van der Waals surface area (Å²) in [6, 6.07) is 0. The molecule has 0 spiro atoms. The summed E-state index contributed by atoms with van der Waals surface area (Å²) >= 11 is 0. The maximum Gasteiger partial charge on any atom is 0.309 e. The molecule has 0 saturated carbocycles. The van der Waals surface area contributed by atoms with Crippen LogP contribution in [0.4, 0.5) is 23.8 Å². The van der Waals surface area contributed by atoms with Gasteiger partial charge in [0.15, 0.2) is 0 Å². The van der Waals surface area contributed by atoms with Gasteiger partial charge >= 0.3 is 23.8 Å². The zero-order chi connectivity index (χ0) is 21.1. The Morgan fingerprint density at radius 3 is 1.20 bits per heavy atom. The molecule has 0 atom stereocenters. The highest BCUT2D eigenvalue weighted by Gasteiger charge is 2.26. The number of aryl methyl sites for hydroxylation is 4. The van der Waals surface area contributed by atoms with Crippen LogP contribution in [0.3, 0.4) is 0 Å². The molecule has 4 heterocycles. The summed E-state index contributed by atoms with van der Waals surface area (Å²) in [6.45, 7) is 0. The van der Waals surface area contributed by atoms with Gasteiger partial charge in [-0.1, -0.05) is 40.9 Å². The molecular formula is C8H12N22. The first-order valence-corrected chi connectivity index (χ1v) is 7.87. The molecule has 4 aromatic rings. The molecule has 0 N–H and O–H groups in total. The summed E-state index contributed by atoms with van der Waals surface area (Å²) in [7, 11) is 6.27. The van der Waals surface area contributed by atoms with Crippen molar-refractivity contribution in [2.75, 3.05) is 10.2 Å². The molecule has 0 unspecified atom stereocenters. The fraction of sp³-hybridized carbons (Fsp3) is 0.500. The second-order valence-electron chi connectivity index (χ2n) is 5.27. The smallest absolute Gasteiger partial charge is 0.165 e. The minimum absolute atomic E-state index is 0.0361. The molecule has 0 amide bonds. The highest BCUT2D eigenvalue weighted by atomic mass is 16.0. The van der Waals surface area contributed by atoms with Crippen LogP contribution in [0.25, 0.3) is 0 Å². The van der Waals surface area contributed by atoms with E-state index in [0.29, 0.717) is 0 Å². The third kappa shape index (κ3) is 3.99. The molecule has 30 heavy (non-hydrogen) atoms. The van der Waals surface area contributed by atoms with Crippen molar-refractivity contribution in [1.82, 2.24) is 80.8 Å². The second-order valence-corrected chi connectivity index (χ2v) is 5.27. The van der Waals surface area contributed by atoms with Crippen LogP contribution in [0.5, 0.6) is 0 Å². The van der Waals surface area contributed by atoms with Crippen molar-refractivity contribution in [1.29, 1.82) is 0 Å². The first-order valence-electron chi connectivity index (χ1n) is 7.87. The van der Waals surface area contributed by atoms with Crippen LogP contribution in [0, 0.1) is 0 Å². The van der Waals surface area contributed by atoms with E-state index in [2.05, 4.69) is 82.3 Å². The minimum atomic E-state index is -0.0522. The largest absolute Gasteiger partial charge is 0.309 e. The van der Waals surface area contributed by atoms with Crippen molar-refractivity contribution in [2.24, 2.45) is 48.9 Å². The molecule has 154 valence electrons. The molecule has 0 aliphatic carbocycles. The lowest BCUT2D eigenvalue weighted by atomic mass is 11.0. The fourth-order valence-corrected chi connectivity index (χ4v) is 1.83. The number of hydrogen-bond acceptors (Lipinski definition) is 16. The van der Waals surface area contributed by atoms with Gasteiger partial charge in [-0.05, 0) is 31.3 Å². The first-order chi connectivity index (χ1) is 14.5. The Morgan fingerprint density at radius 2 is 0.900 bits per heavy atom. The number of rotatable bonds is 7. The Labute approximate surface area is 164 Å². The molecule has 22 nitrogen and oxygen atoms in total. The topological polar surface area (TPSA) is 230 Å². The molecular weight excluding hydrogens is 404 g/mol. The Hall–Kier alpha value is -4.92. The van der Waals surface area contributed by atoms with Gasteiger partial charge in [-0.15, -0.1) is 20.4 Å². The summed E-state index contributed by atoms with van der Waals surface area (Å²) < 4.78 is 0. The van der Waals surface area contributed by atoms with Crippen LogP contribution in [-0.2, 0) is 28.2 Å². The number of anilines is 2. The first kappa shape index (κ1) is 18.4. The Bertz CT molecular complexity index is 1080. The summed E-state index contributed by atoms with van der Waals surface area (Å²) in [5.74, 6) is -0.177. The van der Waals surface area contributed by atoms with Gasteiger partial charge in [0, 0.05) is 0 Å². The van der Waals surface area contributed by atoms with Crippen LogP contribution in [0.2, 0.25) is 0 Å². The summed E-state index contributed by atoms with van der Waals surface area (Å²) in [4.78, 5) is 4.81. The Balaban J connectivity index is 1.75. The third-order valence-electron chi connectivity index (χ3n) is 2.97. The molecule has 0 radical (unpaired) electrons. The Kier molecular flexibility index (Phi) is 4.67. The molecule has 0 aromatic carbocycles. The van der Waals surface area contributed by atoms with Crippen LogP contribution in [-0.4, -0.2) is 80.8 Å². The zero-order valence-electron chi connectivity index (χ0n) is 15.8. The van der Waals surface area contributed by atoms with Crippen molar-refractivity contribution < 1.29 is 0 Å². The van der Waals surface area contributed by atoms with Crippen molar-refractivity contribution in [3.8, 4) is 0 Å². The molecule has 0 saturated heterocycles. The molecule has 0 fully saturated rings. The van der Waals surface area contributed by atoms with E-state index in [1.54, 1.807) is 28.2 Å². The molecule has 0 aliphatic rings. The average molecular weight is 416 g/mol. The van der Waals surface area contributed by atoms with E-state index in [9.17, 15) is 0 Å². The van der Waals surface area contributed by atoms with Crippen LogP contribution in [0.15, 0.2) is 20.7 Å². The van der Waals surface area contributed by atoms with Gasteiger partial charge in [-0.3, -0.25) is 0 Å². The lowest BCUT2D eigenvalue weighted by molar-refractivity contribution is 0.618. The number of nitrogens with zero attached hydrogens (tertiary/aromatic N) is 22. The highest BCUT2D eigenvalue weighted by molar-refractivity contribution is 5.39. The lowest BCUT2D eigenvalue weighted by Crippen LogP contribution is -2.36. The van der Waals surface area contributed by atoms with Gasteiger partial charge in [0.25, 0.3) is 0 Å². The van der Waals surface area contributed by atoms with Crippen molar-refractivity contribution in [3.63, 3.8) is 0 Å². The number of tetrazole rings is 4. The second kappa shape index (κ2) is 7.60. The van der Waals surface area contributed by atoms with Gasteiger partial charge in [0.05, 0.1) is 28.2 Å². The Morgan fingerprint density at radius 1 is 0.533 bits per heavy atom. The van der Waals surface area contributed by atoms with Gasteiger partial charge in [0.2, 0.25) is 0 Å². The van der Waals surface area contributed by atoms with Gasteiger partial charge in [0.1, 0.15) is 0 Å². The number of aromatic nitrogens is 16. The SMILES string of the molecule is Cn1nnc(/N=N/N(c2nnn(C)n2)N(/N=N/c2nnn(C)n2)c2nnn(C)n2)n1. The maximum absolute atomic E-state index is 4.07. The van der Waals surface area contributed by atoms with E-state index in [1.165, 1.54) is 19.2 Å². The van der Waals surface area contributed by atoms with Crippen LogP contribution < -0.4 is 10.2 Å². The number of hydrazine groups is 1. The van der Waals surface area contributed by atoms with Crippen molar-refractivity contribution in [3.05, 3.63) is 0 Å². The number of hydrogen-bond donors (Lipinski definition) is 0. The minimum Gasteiger partial charge on any atom is -0.165 e. The van der Waals surface area contributed by atoms with E-state index in [0.717, 1.165) is 10.2 Å². The molecule has 4 rings (SSSR count). The normalized spacial score (nSPS) is 11.7. The zero-order valence-corrected chi connectivity index (χ0v) is 15.8. The summed E-state index contributed by atoms with van der Waals surface area (Å²) in [5.41, 5.74) is 0. The van der Waals surface area contributed by atoms with Gasteiger partial charge in [-0.2, -0.15) is 19.2 Å². The predicted octanol–water partition coefficient (Wildman–Crippen LogP) is -2.59. The lowest BCUT2D eigenvalue weighted by Gasteiger charge is -2.19. The third-order valence-corrected chi connectivity index (χ3v) is 2.97. The average Bonchev–Trinajstić information content (AvgIpc) is 3.49. The van der Waals surface area contributed by atoms with E-state index in [4.69, 9.17) is 0 Å². The van der Waals surface area contributed by atoms with Crippen molar-refractivity contribution in [2.45, 2.75) is 0 Å². The summed E-state index contributed by atoms with van der Waals surface area (Å²) in [5, 5.41) is 63.8. The maximum atomic E-state index is 4.07. The summed E-state index contributed by atoms with van der Waals surface area (Å²) in [6.07, 6.45) is 0. The van der Waals surface area contributed by atoms with E-state index in [-0.39, 0.29) is 23.8 Å².